The van der Waals surface area contributed by atoms with E-state index in [4.69, 9.17) is 0 Å². The van der Waals surface area contributed by atoms with E-state index in [0.717, 1.165) is 27.2 Å². The average molecular weight is 270 g/mol. The average Bonchev–Trinajstić information content (AvgIpc) is 2.83. The molecule has 0 bridgehead atoms. The van der Waals surface area contributed by atoms with Crippen LogP contribution in [0.3, 0.4) is 0 Å². The lowest BCUT2D eigenvalue weighted by Crippen LogP contribution is -2.03. The first-order chi connectivity index (χ1) is 9.24. The van der Waals surface area contributed by atoms with Gasteiger partial charge in [0.2, 0.25) is 0 Å². The van der Waals surface area contributed by atoms with E-state index in [-0.39, 0.29) is 0 Å². The van der Waals surface area contributed by atoms with Crippen LogP contribution in [0.5, 0.6) is 0 Å². The summed E-state index contributed by atoms with van der Waals surface area (Å²) >= 11 is 1.59. The number of hydrogen-bond acceptors (Lipinski definition) is 4. The number of aromatic nitrogens is 2. The first-order valence-electron chi connectivity index (χ1n) is 6.17. The molecular formula is C15H14N2OS. The van der Waals surface area contributed by atoms with Gasteiger partial charge in [0, 0.05) is 34.6 Å². The van der Waals surface area contributed by atoms with Crippen LogP contribution in [0.15, 0.2) is 41.9 Å². The molecule has 3 aromatic rings. The van der Waals surface area contributed by atoms with Crippen LogP contribution >= 0.6 is 11.3 Å². The maximum Gasteiger partial charge on any atom is 0.0957 e. The molecule has 19 heavy (non-hydrogen) atoms. The molecule has 0 fully saturated rings. The number of para-hydroxylation sites is 1. The lowest BCUT2D eigenvalue weighted by molar-refractivity contribution is 0.179. The summed E-state index contributed by atoms with van der Waals surface area (Å²) in [4.78, 5) is 8.77. The Bertz CT molecular complexity index is 703. The molecule has 0 amide bonds. The summed E-state index contributed by atoms with van der Waals surface area (Å²) in [6, 6.07) is 9.80. The summed E-state index contributed by atoms with van der Waals surface area (Å²) < 4.78 is 0. The molecule has 0 aliphatic heterocycles. The van der Waals surface area contributed by atoms with Crippen molar-refractivity contribution in [3.8, 4) is 0 Å². The first-order valence-corrected chi connectivity index (χ1v) is 7.05. The summed E-state index contributed by atoms with van der Waals surface area (Å²) in [5.41, 5.74) is 2.74. The molecule has 2 aromatic heterocycles. The standard InChI is InChI=1S/C15H14N2OS/c1-10-9-19-14(17-10)8-13(18)12-6-2-4-11-5-3-7-16-15(11)12/h2-7,9,13,18H,8H2,1H3. The Kier molecular flexibility index (Phi) is 3.27. The predicted octanol–water partition coefficient (Wildman–Crippen LogP) is 3.28. The maximum atomic E-state index is 10.4. The molecule has 3 nitrogen and oxygen atoms in total. The van der Waals surface area contributed by atoms with Gasteiger partial charge < -0.3 is 5.11 Å². The van der Waals surface area contributed by atoms with Gasteiger partial charge in [-0.05, 0) is 13.0 Å². The van der Waals surface area contributed by atoms with Crippen molar-refractivity contribution in [1.29, 1.82) is 0 Å². The molecule has 0 spiro atoms. The smallest absolute Gasteiger partial charge is 0.0957 e. The molecule has 1 aromatic carbocycles. The van der Waals surface area contributed by atoms with Crippen LogP contribution in [-0.2, 0) is 6.42 Å². The van der Waals surface area contributed by atoms with E-state index >= 15 is 0 Å². The Balaban J connectivity index is 1.95. The quantitative estimate of drug-likeness (QED) is 0.794. The van der Waals surface area contributed by atoms with Gasteiger partial charge in [-0.2, -0.15) is 0 Å². The molecule has 1 N–H and O–H groups in total. The van der Waals surface area contributed by atoms with Gasteiger partial charge >= 0.3 is 0 Å². The van der Waals surface area contributed by atoms with E-state index in [2.05, 4.69) is 9.97 Å². The highest BCUT2D eigenvalue weighted by atomic mass is 32.1. The Morgan fingerprint density at radius 3 is 2.89 bits per heavy atom. The second-order valence-electron chi connectivity index (χ2n) is 4.52. The van der Waals surface area contributed by atoms with Crippen LogP contribution in [0.4, 0.5) is 0 Å². The number of pyridine rings is 1. The minimum atomic E-state index is -0.566. The SMILES string of the molecule is Cc1csc(CC(O)c2cccc3cccnc23)n1. The number of nitrogens with zero attached hydrogens (tertiary/aromatic N) is 2. The van der Waals surface area contributed by atoms with Gasteiger partial charge in [-0.25, -0.2) is 4.98 Å². The molecule has 1 atom stereocenters. The zero-order chi connectivity index (χ0) is 13.2. The van der Waals surface area contributed by atoms with E-state index in [1.807, 2.05) is 42.6 Å². The minimum Gasteiger partial charge on any atom is -0.388 e. The molecular weight excluding hydrogens is 256 g/mol. The van der Waals surface area contributed by atoms with Crippen LogP contribution < -0.4 is 0 Å². The lowest BCUT2D eigenvalue weighted by Gasteiger charge is -2.11. The van der Waals surface area contributed by atoms with Crippen molar-refractivity contribution in [2.75, 3.05) is 0 Å². The summed E-state index contributed by atoms with van der Waals surface area (Å²) in [6.45, 7) is 1.96. The van der Waals surface area contributed by atoms with Crippen LogP contribution in [0, 0.1) is 6.92 Å². The molecule has 2 heterocycles. The second-order valence-corrected chi connectivity index (χ2v) is 5.47. The van der Waals surface area contributed by atoms with E-state index in [1.165, 1.54) is 0 Å². The number of aliphatic hydroxyl groups is 1. The molecule has 0 aliphatic carbocycles. The summed E-state index contributed by atoms with van der Waals surface area (Å²) in [5, 5.41) is 14.4. The van der Waals surface area contributed by atoms with E-state index < -0.39 is 6.10 Å². The fourth-order valence-electron chi connectivity index (χ4n) is 2.17. The molecule has 0 saturated heterocycles. The zero-order valence-electron chi connectivity index (χ0n) is 10.6. The molecule has 0 saturated carbocycles. The summed E-state index contributed by atoms with van der Waals surface area (Å²) in [7, 11) is 0. The largest absolute Gasteiger partial charge is 0.388 e. The van der Waals surface area contributed by atoms with E-state index in [9.17, 15) is 5.11 Å². The van der Waals surface area contributed by atoms with Crippen LogP contribution in [0.25, 0.3) is 10.9 Å². The van der Waals surface area contributed by atoms with Gasteiger partial charge in [0.05, 0.1) is 16.6 Å². The Morgan fingerprint density at radius 1 is 1.26 bits per heavy atom. The predicted molar refractivity (Wildman–Crippen MR) is 77.3 cm³/mol. The van der Waals surface area contributed by atoms with Crippen molar-refractivity contribution in [2.24, 2.45) is 0 Å². The Hall–Kier alpha value is -1.78. The number of benzene rings is 1. The van der Waals surface area contributed by atoms with Crippen LogP contribution in [0.1, 0.15) is 22.4 Å². The molecule has 4 heteroatoms. The topological polar surface area (TPSA) is 46.0 Å². The molecule has 1 unspecified atom stereocenters. The number of rotatable bonds is 3. The number of aliphatic hydroxyl groups excluding tert-OH is 1. The van der Waals surface area contributed by atoms with E-state index in [0.29, 0.717) is 6.42 Å². The number of thiazole rings is 1. The minimum absolute atomic E-state index is 0.536. The van der Waals surface area contributed by atoms with Crippen molar-refractivity contribution in [3.63, 3.8) is 0 Å². The third-order valence-corrected chi connectivity index (χ3v) is 4.05. The fourth-order valence-corrected chi connectivity index (χ4v) is 2.98. The Morgan fingerprint density at radius 2 is 2.11 bits per heavy atom. The van der Waals surface area contributed by atoms with Gasteiger partial charge in [-0.1, -0.05) is 24.3 Å². The van der Waals surface area contributed by atoms with Crippen molar-refractivity contribution >= 4 is 22.2 Å². The summed E-state index contributed by atoms with van der Waals surface area (Å²) in [5.74, 6) is 0. The third-order valence-electron chi connectivity index (χ3n) is 3.06. The van der Waals surface area contributed by atoms with E-state index in [1.54, 1.807) is 17.5 Å². The van der Waals surface area contributed by atoms with Crippen molar-refractivity contribution in [1.82, 2.24) is 9.97 Å². The molecule has 3 rings (SSSR count). The first kappa shape index (κ1) is 12.3. The second kappa shape index (κ2) is 5.07. The van der Waals surface area contributed by atoms with Gasteiger partial charge in [-0.3, -0.25) is 4.98 Å². The zero-order valence-corrected chi connectivity index (χ0v) is 11.4. The number of aryl methyl sites for hydroxylation is 1. The highest BCUT2D eigenvalue weighted by Crippen LogP contribution is 2.26. The van der Waals surface area contributed by atoms with Gasteiger partial charge in [-0.15, -0.1) is 11.3 Å². The summed E-state index contributed by atoms with van der Waals surface area (Å²) in [6.07, 6.45) is 1.73. The van der Waals surface area contributed by atoms with Crippen LogP contribution in [0.2, 0.25) is 0 Å². The van der Waals surface area contributed by atoms with Crippen molar-refractivity contribution in [3.05, 3.63) is 58.2 Å². The van der Waals surface area contributed by atoms with Crippen molar-refractivity contribution < 1.29 is 5.11 Å². The molecule has 0 aliphatic rings. The number of fused-ring (bicyclic) bond motifs is 1. The lowest BCUT2D eigenvalue weighted by atomic mass is 10.0. The normalized spacial score (nSPS) is 12.7. The van der Waals surface area contributed by atoms with Gasteiger partial charge in [0.1, 0.15) is 0 Å². The Labute approximate surface area is 115 Å². The van der Waals surface area contributed by atoms with Crippen LogP contribution in [-0.4, -0.2) is 15.1 Å². The van der Waals surface area contributed by atoms with Gasteiger partial charge in [0.25, 0.3) is 0 Å². The monoisotopic (exact) mass is 270 g/mol. The highest BCUT2D eigenvalue weighted by Gasteiger charge is 2.14. The third kappa shape index (κ3) is 2.50. The van der Waals surface area contributed by atoms with Gasteiger partial charge in [0.15, 0.2) is 0 Å². The highest BCUT2D eigenvalue weighted by molar-refractivity contribution is 7.09. The number of hydrogen-bond donors (Lipinski definition) is 1. The maximum absolute atomic E-state index is 10.4. The molecule has 0 radical (unpaired) electrons. The molecule has 96 valence electrons. The van der Waals surface area contributed by atoms with Crippen molar-refractivity contribution in [2.45, 2.75) is 19.4 Å². The fraction of sp³-hybridized carbons (Fsp3) is 0.200.